The van der Waals surface area contributed by atoms with Gasteiger partial charge in [-0.1, -0.05) is 26.2 Å². The molecular formula is C16H34IN3O2. The van der Waals surface area contributed by atoms with Gasteiger partial charge in [0.25, 0.3) is 0 Å². The fourth-order valence-electron chi connectivity index (χ4n) is 2.49. The van der Waals surface area contributed by atoms with Crippen LogP contribution < -0.4 is 10.6 Å². The van der Waals surface area contributed by atoms with Crippen LogP contribution in [0.4, 0.5) is 0 Å². The van der Waals surface area contributed by atoms with Crippen molar-refractivity contribution < 1.29 is 9.84 Å². The summed E-state index contributed by atoms with van der Waals surface area (Å²) in [5.74, 6) is 0.798. The summed E-state index contributed by atoms with van der Waals surface area (Å²) in [7, 11) is 0. The van der Waals surface area contributed by atoms with Crippen LogP contribution in [0.1, 0.15) is 58.8 Å². The number of aliphatic hydroxyl groups is 1. The Labute approximate surface area is 152 Å². The highest BCUT2D eigenvalue weighted by Crippen LogP contribution is 2.29. The van der Waals surface area contributed by atoms with Crippen molar-refractivity contribution in [2.45, 2.75) is 64.4 Å². The molecule has 0 saturated heterocycles. The molecule has 0 aromatic heterocycles. The molecule has 0 bridgehead atoms. The molecular weight excluding hydrogens is 393 g/mol. The Morgan fingerprint density at radius 3 is 2.45 bits per heavy atom. The second-order valence-corrected chi connectivity index (χ2v) is 5.87. The number of halogens is 1. The van der Waals surface area contributed by atoms with E-state index in [0.29, 0.717) is 6.54 Å². The predicted molar refractivity (Wildman–Crippen MR) is 103 cm³/mol. The van der Waals surface area contributed by atoms with E-state index >= 15 is 0 Å². The van der Waals surface area contributed by atoms with E-state index in [0.717, 1.165) is 70.8 Å². The number of unbranched alkanes of at least 4 members (excludes halogenated alkanes) is 1. The third kappa shape index (κ3) is 9.84. The molecule has 0 heterocycles. The molecule has 0 amide bonds. The number of nitrogens with one attached hydrogen (secondary N) is 2. The molecule has 1 rings (SSSR count). The maximum absolute atomic E-state index is 10.3. The van der Waals surface area contributed by atoms with Crippen molar-refractivity contribution in [1.29, 1.82) is 0 Å². The molecule has 1 aliphatic carbocycles. The van der Waals surface area contributed by atoms with Crippen LogP contribution in [0.3, 0.4) is 0 Å². The SMILES string of the molecule is CCCCOCCCNC(=NCC1(O)CCCC1)NCC.I. The molecule has 1 saturated carbocycles. The summed E-state index contributed by atoms with van der Waals surface area (Å²) >= 11 is 0. The molecule has 1 aliphatic rings. The van der Waals surface area contributed by atoms with Crippen LogP contribution in [-0.4, -0.2) is 49.5 Å². The van der Waals surface area contributed by atoms with Crippen LogP contribution in [-0.2, 0) is 4.74 Å². The van der Waals surface area contributed by atoms with E-state index in [1.165, 1.54) is 6.42 Å². The number of aliphatic imine (C=N–C) groups is 1. The van der Waals surface area contributed by atoms with Crippen LogP contribution in [0.5, 0.6) is 0 Å². The van der Waals surface area contributed by atoms with Gasteiger partial charge in [0.05, 0.1) is 12.1 Å². The number of ether oxygens (including phenoxy) is 1. The van der Waals surface area contributed by atoms with E-state index in [1.54, 1.807) is 0 Å². The zero-order valence-electron chi connectivity index (χ0n) is 14.2. The summed E-state index contributed by atoms with van der Waals surface area (Å²) in [6.07, 6.45) is 7.27. The van der Waals surface area contributed by atoms with Gasteiger partial charge in [0.2, 0.25) is 0 Å². The molecule has 132 valence electrons. The molecule has 3 N–H and O–H groups in total. The molecule has 6 heteroatoms. The average molecular weight is 427 g/mol. The van der Waals surface area contributed by atoms with Gasteiger partial charge in [-0.3, -0.25) is 4.99 Å². The number of guanidine groups is 1. The first-order valence-electron chi connectivity index (χ1n) is 8.52. The van der Waals surface area contributed by atoms with Crippen molar-refractivity contribution in [2.24, 2.45) is 4.99 Å². The van der Waals surface area contributed by atoms with Crippen LogP contribution in [0.25, 0.3) is 0 Å². The highest BCUT2D eigenvalue weighted by molar-refractivity contribution is 14.0. The van der Waals surface area contributed by atoms with Crippen LogP contribution in [0.2, 0.25) is 0 Å². The molecule has 0 atom stereocenters. The van der Waals surface area contributed by atoms with Gasteiger partial charge in [-0.15, -0.1) is 24.0 Å². The largest absolute Gasteiger partial charge is 0.388 e. The average Bonchev–Trinajstić information content (AvgIpc) is 2.91. The van der Waals surface area contributed by atoms with E-state index in [2.05, 4.69) is 29.5 Å². The van der Waals surface area contributed by atoms with Crippen molar-refractivity contribution in [3.05, 3.63) is 0 Å². The van der Waals surface area contributed by atoms with Gasteiger partial charge < -0.3 is 20.5 Å². The summed E-state index contributed by atoms with van der Waals surface area (Å²) in [5, 5.41) is 16.8. The maximum Gasteiger partial charge on any atom is 0.191 e. The lowest BCUT2D eigenvalue weighted by Crippen LogP contribution is -2.40. The summed E-state index contributed by atoms with van der Waals surface area (Å²) in [6.45, 7) is 8.04. The monoisotopic (exact) mass is 427 g/mol. The summed E-state index contributed by atoms with van der Waals surface area (Å²) in [4.78, 5) is 4.52. The number of rotatable bonds is 10. The van der Waals surface area contributed by atoms with E-state index < -0.39 is 5.60 Å². The van der Waals surface area contributed by atoms with Crippen LogP contribution >= 0.6 is 24.0 Å². The zero-order valence-corrected chi connectivity index (χ0v) is 16.5. The van der Waals surface area contributed by atoms with Gasteiger partial charge in [-0.05, 0) is 32.6 Å². The lowest BCUT2D eigenvalue weighted by Gasteiger charge is -2.20. The van der Waals surface area contributed by atoms with Crippen LogP contribution in [0, 0.1) is 0 Å². The highest BCUT2D eigenvalue weighted by Gasteiger charge is 2.30. The first-order valence-corrected chi connectivity index (χ1v) is 8.52. The lowest BCUT2D eigenvalue weighted by atomic mass is 10.0. The van der Waals surface area contributed by atoms with E-state index in [1.807, 2.05) is 0 Å². The Morgan fingerprint density at radius 1 is 1.14 bits per heavy atom. The lowest BCUT2D eigenvalue weighted by molar-refractivity contribution is 0.0574. The predicted octanol–water partition coefficient (Wildman–Crippen LogP) is 2.67. The second kappa shape index (κ2) is 13.4. The summed E-state index contributed by atoms with van der Waals surface area (Å²) in [5.41, 5.74) is -0.578. The molecule has 22 heavy (non-hydrogen) atoms. The number of nitrogens with zero attached hydrogens (tertiary/aromatic N) is 1. The molecule has 0 aromatic rings. The summed E-state index contributed by atoms with van der Waals surface area (Å²) in [6, 6.07) is 0. The molecule has 0 unspecified atom stereocenters. The minimum atomic E-state index is -0.578. The zero-order chi connectivity index (χ0) is 15.4. The first kappa shape index (κ1) is 21.9. The van der Waals surface area contributed by atoms with Crippen LogP contribution in [0.15, 0.2) is 4.99 Å². The molecule has 0 aromatic carbocycles. The fraction of sp³-hybridized carbons (Fsp3) is 0.938. The van der Waals surface area contributed by atoms with Gasteiger partial charge in [0, 0.05) is 26.3 Å². The van der Waals surface area contributed by atoms with E-state index in [9.17, 15) is 5.11 Å². The molecule has 1 fully saturated rings. The Bertz CT molecular complexity index is 295. The van der Waals surface area contributed by atoms with E-state index in [-0.39, 0.29) is 24.0 Å². The van der Waals surface area contributed by atoms with Crippen molar-refractivity contribution >= 4 is 29.9 Å². The van der Waals surface area contributed by atoms with Gasteiger partial charge in [0.1, 0.15) is 0 Å². The summed E-state index contributed by atoms with van der Waals surface area (Å²) < 4.78 is 5.53. The first-order chi connectivity index (χ1) is 10.2. The van der Waals surface area contributed by atoms with Crippen molar-refractivity contribution in [3.63, 3.8) is 0 Å². The Hall–Kier alpha value is -0.0800. The molecule has 5 nitrogen and oxygen atoms in total. The molecule has 0 spiro atoms. The van der Waals surface area contributed by atoms with Gasteiger partial charge in [-0.25, -0.2) is 0 Å². The number of hydrogen-bond donors (Lipinski definition) is 3. The smallest absolute Gasteiger partial charge is 0.191 e. The maximum atomic E-state index is 10.3. The highest BCUT2D eigenvalue weighted by atomic mass is 127. The van der Waals surface area contributed by atoms with E-state index in [4.69, 9.17) is 4.74 Å². The third-order valence-electron chi connectivity index (χ3n) is 3.81. The minimum Gasteiger partial charge on any atom is -0.388 e. The minimum absolute atomic E-state index is 0. The Morgan fingerprint density at radius 2 is 1.82 bits per heavy atom. The number of hydrogen-bond acceptors (Lipinski definition) is 3. The quantitative estimate of drug-likeness (QED) is 0.217. The fourth-order valence-corrected chi connectivity index (χ4v) is 2.49. The van der Waals surface area contributed by atoms with Crippen molar-refractivity contribution in [3.8, 4) is 0 Å². The topological polar surface area (TPSA) is 65.9 Å². The Balaban J connectivity index is 0.00000441. The molecule has 0 radical (unpaired) electrons. The molecule has 0 aliphatic heterocycles. The van der Waals surface area contributed by atoms with Gasteiger partial charge >= 0.3 is 0 Å². The standard InChI is InChI=1S/C16H33N3O2.HI/c1-3-5-12-21-13-8-11-18-15(17-4-2)19-14-16(20)9-6-7-10-16;/h20H,3-14H2,1-2H3,(H2,17,18,19);1H. The Kier molecular flexibility index (Phi) is 13.3. The van der Waals surface area contributed by atoms with Crippen molar-refractivity contribution in [2.75, 3.05) is 32.8 Å². The van der Waals surface area contributed by atoms with Gasteiger partial charge in [-0.2, -0.15) is 0 Å². The van der Waals surface area contributed by atoms with Crippen molar-refractivity contribution in [1.82, 2.24) is 10.6 Å². The van der Waals surface area contributed by atoms with Gasteiger partial charge in [0.15, 0.2) is 5.96 Å². The normalized spacial score (nSPS) is 17.1. The second-order valence-electron chi connectivity index (χ2n) is 5.87. The third-order valence-corrected chi connectivity index (χ3v) is 3.81.